The van der Waals surface area contributed by atoms with Crippen molar-refractivity contribution in [3.05, 3.63) is 95.1 Å². The van der Waals surface area contributed by atoms with E-state index in [2.05, 4.69) is 0 Å². The molecule has 34 heavy (non-hydrogen) atoms. The molecule has 1 aliphatic rings. The lowest BCUT2D eigenvalue weighted by Gasteiger charge is -2.26. The van der Waals surface area contributed by atoms with Crippen molar-refractivity contribution < 1.29 is 24.2 Å². The Hall–Kier alpha value is -4.06. The lowest BCUT2D eigenvalue weighted by atomic mass is 9.95. The highest BCUT2D eigenvalue weighted by Gasteiger charge is 2.47. The van der Waals surface area contributed by atoms with Gasteiger partial charge >= 0.3 is 0 Å². The van der Waals surface area contributed by atoms with Crippen LogP contribution in [0.2, 0.25) is 0 Å². The fourth-order valence-corrected chi connectivity index (χ4v) is 4.04. The van der Waals surface area contributed by atoms with Crippen LogP contribution in [0.3, 0.4) is 0 Å². The smallest absolute Gasteiger partial charge is 0.300 e. The Balaban J connectivity index is 1.89. The highest BCUT2D eigenvalue weighted by Crippen LogP contribution is 2.43. The zero-order valence-corrected chi connectivity index (χ0v) is 19.4. The Morgan fingerprint density at radius 3 is 2.38 bits per heavy atom. The van der Waals surface area contributed by atoms with E-state index in [4.69, 9.17) is 9.47 Å². The van der Waals surface area contributed by atoms with Crippen LogP contribution < -0.4 is 14.4 Å². The van der Waals surface area contributed by atoms with Crippen LogP contribution in [0.1, 0.15) is 36.1 Å². The van der Waals surface area contributed by atoms with Gasteiger partial charge in [-0.1, -0.05) is 48.9 Å². The third kappa shape index (κ3) is 4.39. The molecule has 1 amide bonds. The van der Waals surface area contributed by atoms with Gasteiger partial charge in [0.05, 0.1) is 25.3 Å². The number of amides is 1. The molecule has 6 heteroatoms. The summed E-state index contributed by atoms with van der Waals surface area (Å²) in [6.07, 6.45) is 0.841. The first kappa shape index (κ1) is 23.1. The zero-order chi connectivity index (χ0) is 24.2. The summed E-state index contributed by atoms with van der Waals surface area (Å²) in [5.74, 6) is -0.524. The molecule has 0 aromatic heterocycles. The van der Waals surface area contributed by atoms with Gasteiger partial charge in [-0.3, -0.25) is 14.5 Å². The molecule has 3 aromatic rings. The number of nitrogens with zero attached hydrogens (tertiary/aromatic N) is 1. The Bertz CT molecular complexity index is 1250. The van der Waals surface area contributed by atoms with Gasteiger partial charge in [0, 0.05) is 11.3 Å². The van der Waals surface area contributed by atoms with Crippen molar-refractivity contribution in [2.45, 2.75) is 26.3 Å². The zero-order valence-electron chi connectivity index (χ0n) is 19.4. The molecule has 1 unspecified atom stereocenters. The number of aliphatic hydroxyl groups excluding tert-OH is 1. The number of carbonyl (C=O) groups is 2. The number of anilines is 1. The van der Waals surface area contributed by atoms with Crippen LogP contribution in [0.4, 0.5) is 5.69 Å². The molecule has 0 spiro atoms. The summed E-state index contributed by atoms with van der Waals surface area (Å²) in [6, 6.07) is 20.6. The maximum Gasteiger partial charge on any atom is 0.300 e. The van der Waals surface area contributed by atoms with Crippen molar-refractivity contribution in [3.63, 3.8) is 0 Å². The second kappa shape index (κ2) is 9.83. The number of carbonyl (C=O) groups excluding carboxylic acids is 2. The van der Waals surface area contributed by atoms with E-state index in [0.717, 1.165) is 12.0 Å². The number of Topliss-reactive ketones (excluding diaryl/α,β-unsaturated/α-hetero) is 1. The van der Waals surface area contributed by atoms with Gasteiger partial charge in [0.15, 0.2) is 0 Å². The van der Waals surface area contributed by atoms with Crippen molar-refractivity contribution in [1.29, 1.82) is 0 Å². The monoisotopic (exact) mass is 457 g/mol. The van der Waals surface area contributed by atoms with Gasteiger partial charge < -0.3 is 14.6 Å². The van der Waals surface area contributed by atoms with Gasteiger partial charge in [-0.05, 0) is 55.3 Å². The number of aryl methyl sites for hydroxylation is 1. The Morgan fingerprint density at radius 1 is 0.971 bits per heavy atom. The third-order valence-corrected chi connectivity index (χ3v) is 5.75. The molecule has 1 atom stereocenters. The highest BCUT2D eigenvalue weighted by atomic mass is 16.5. The minimum Gasteiger partial charge on any atom is -0.507 e. The number of rotatable bonds is 7. The van der Waals surface area contributed by atoms with E-state index in [9.17, 15) is 14.7 Å². The van der Waals surface area contributed by atoms with Crippen LogP contribution in [0.15, 0.2) is 78.4 Å². The van der Waals surface area contributed by atoms with Gasteiger partial charge in [0.2, 0.25) is 0 Å². The largest absolute Gasteiger partial charge is 0.507 e. The maximum absolute atomic E-state index is 13.3. The van der Waals surface area contributed by atoms with E-state index < -0.39 is 17.7 Å². The lowest BCUT2D eigenvalue weighted by molar-refractivity contribution is -0.132. The molecule has 0 aliphatic carbocycles. The Labute approximate surface area is 199 Å². The molecule has 1 aliphatic heterocycles. The number of ketones is 1. The minimum atomic E-state index is -0.821. The van der Waals surface area contributed by atoms with Crippen molar-refractivity contribution in [1.82, 2.24) is 0 Å². The average molecular weight is 458 g/mol. The summed E-state index contributed by atoms with van der Waals surface area (Å²) < 4.78 is 11.1. The summed E-state index contributed by atoms with van der Waals surface area (Å²) in [6.45, 7) is 4.49. The Kier molecular flexibility index (Phi) is 6.68. The van der Waals surface area contributed by atoms with E-state index in [0.29, 0.717) is 34.9 Å². The molecule has 0 saturated carbocycles. The fraction of sp³-hybridized carbons (Fsp3) is 0.214. The molecule has 0 radical (unpaired) electrons. The highest BCUT2D eigenvalue weighted by molar-refractivity contribution is 6.51. The van der Waals surface area contributed by atoms with Gasteiger partial charge in [0.25, 0.3) is 11.7 Å². The number of ether oxygens (including phenoxy) is 2. The normalized spacial score (nSPS) is 17.1. The second-order valence-electron chi connectivity index (χ2n) is 8.16. The number of methoxy groups -OCH3 is 1. The predicted octanol–water partition coefficient (Wildman–Crippen LogP) is 5.42. The molecule has 1 fully saturated rings. The quantitative estimate of drug-likeness (QED) is 0.291. The van der Waals surface area contributed by atoms with Crippen molar-refractivity contribution >= 4 is 23.1 Å². The van der Waals surface area contributed by atoms with E-state index in [1.807, 2.05) is 32.0 Å². The minimum absolute atomic E-state index is 0.0199. The van der Waals surface area contributed by atoms with Gasteiger partial charge in [0.1, 0.15) is 17.3 Å². The first-order valence-electron chi connectivity index (χ1n) is 11.2. The number of hydrogen-bond donors (Lipinski definition) is 1. The molecule has 6 nitrogen and oxygen atoms in total. The standard InChI is InChI=1S/C28H27NO5/c1-4-15-34-23-10-6-8-20(17-23)26(30)24-25(19-7-5-9-22(16-19)33-3)29(28(32)27(24)31)21-13-11-18(2)12-14-21/h5-14,16-17,25,30H,4,15H2,1-3H3/b26-24-. The van der Waals surface area contributed by atoms with Crippen molar-refractivity contribution in [3.8, 4) is 11.5 Å². The number of hydrogen-bond acceptors (Lipinski definition) is 5. The van der Waals surface area contributed by atoms with Crippen LogP contribution in [-0.4, -0.2) is 30.5 Å². The van der Waals surface area contributed by atoms with Crippen LogP contribution in [0.5, 0.6) is 11.5 Å². The van der Waals surface area contributed by atoms with Crippen LogP contribution in [-0.2, 0) is 9.59 Å². The van der Waals surface area contributed by atoms with Crippen LogP contribution >= 0.6 is 0 Å². The van der Waals surface area contributed by atoms with E-state index in [1.54, 1.807) is 61.7 Å². The SMILES string of the molecule is CCCOc1cccc(/C(O)=C2/C(=O)C(=O)N(c3ccc(C)cc3)C2c2cccc(OC)c2)c1. The fourth-order valence-electron chi connectivity index (χ4n) is 4.04. The van der Waals surface area contributed by atoms with Crippen LogP contribution in [0, 0.1) is 6.92 Å². The van der Waals surface area contributed by atoms with E-state index >= 15 is 0 Å². The summed E-state index contributed by atoms with van der Waals surface area (Å²) in [5, 5.41) is 11.3. The van der Waals surface area contributed by atoms with Gasteiger partial charge in [-0.15, -0.1) is 0 Å². The molecule has 3 aromatic carbocycles. The van der Waals surface area contributed by atoms with Crippen LogP contribution in [0.25, 0.3) is 5.76 Å². The van der Waals surface area contributed by atoms with E-state index in [1.165, 1.54) is 4.90 Å². The van der Waals surface area contributed by atoms with Gasteiger partial charge in [-0.2, -0.15) is 0 Å². The number of aliphatic hydroxyl groups is 1. The predicted molar refractivity (Wildman–Crippen MR) is 131 cm³/mol. The number of benzene rings is 3. The topological polar surface area (TPSA) is 76.1 Å². The molecule has 174 valence electrons. The molecular formula is C28H27NO5. The Morgan fingerprint density at radius 2 is 1.68 bits per heavy atom. The van der Waals surface area contributed by atoms with Gasteiger partial charge in [-0.25, -0.2) is 0 Å². The van der Waals surface area contributed by atoms with E-state index in [-0.39, 0.29) is 11.3 Å². The molecule has 4 rings (SSSR count). The first-order valence-corrected chi connectivity index (χ1v) is 11.2. The molecule has 0 bridgehead atoms. The molecule has 1 N–H and O–H groups in total. The summed E-state index contributed by atoms with van der Waals surface area (Å²) in [4.78, 5) is 28.0. The average Bonchev–Trinajstić information content (AvgIpc) is 3.13. The molecule has 1 heterocycles. The summed E-state index contributed by atoms with van der Waals surface area (Å²) >= 11 is 0. The summed E-state index contributed by atoms with van der Waals surface area (Å²) in [7, 11) is 1.55. The lowest BCUT2D eigenvalue weighted by Crippen LogP contribution is -2.29. The first-order chi connectivity index (χ1) is 16.4. The second-order valence-corrected chi connectivity index (χ2v) is 8.16. The molecular weight excluding hydrogens is 430 g/mol. The maximum atomic E-state index is 13.3. The third-order valence-electron chi connectivity index (χ3n) is 5.75. The molecule has 1 saturated heterocycles. The van der Waals surface area contributed by atoms with Crippen molar-refractivity contribution in [2.24, 2.45) is 0 Å². The summed E-state index contributed by atoms with van der Waals surface area (Å²) in [5.41, 5.74) is 2.68. The van der Waals surface area contributed by atoms with Crippen molar-refractivity contribution in [2.75, 3.05) is 18.6 Å².